The van der Waals surface area contributed by atoms with Crippen LogP contribution in [0.4, 0.5) is 5.69 Å². The fourth-order valence-electron chi connectivity index (χ4n) is 2.00. The van der Waals surface area contributed by atoms with Crippen LogP contribution in [0.1, 0.15) is 40.3 Å². The van der Waals surface area contributed by atoms with E-state index in [4.69, 9.17) is 9.31 Å². The summed E-state index contributed by atoms with van der Waals surface area (Å²) in [7, 11) is -3.92. The van der Waals surface area contributed by atoms with Crippen molar-refractivity contribution in [3.63, 3.8) is 0 Å². The summed E-state index contributed by atoms with van der Waals surface area (Å²) in [6.45, 7) is 11.2. The number of nitrogens with one attached hydrogen (secondary N) is 1. The van der Waals surface area contributed by atoms with Gasteiger partial charge in [0.2, 0.25) is 10.0 Å². The Bertz CT molecular complexity index is 657. The molecule has 1 N–H and O–H groups in total. The smallest absolute Gasteiger partial charge is 0.399 e. The van der Waals surface area contributed by atoms with Crippen molar-refractivity contribution in [2.45, 2.75) is 52.7 Å². The van der Waals surface area contributed by atoms with E-state index in [-0.39, 0.29) is 5.75 Å². The summed E-state index contributed by atoms with van der Waals surface area (Å²) < 4.78 is 38.0. The van der Waals surface area contributed by atoms with E-state index in [1.807, 2.05) is 27.7 Å². The van der Waals surface area contributed by atoms with Crippen molar-refractivity contribution < 1.29 is 17.7 Å². The van der Waals surface area contributed by atoms with Crippen molar-refractivity contribution in [1.29, 1.82) is 0 Å². The minimum Gasteiger partial charge on any atom is -0.399 e. The molecule has 1 saturated heterocycles. The van der Waals surface area contributed by atoms with Gasteiger partial charge in [-0.2, -0.15) is 0 Å². The largest absolute Gasteiger partial charge is 0.496 e. The highest BCUT2D eigenvalue weighted by Crippen LogP contribution is 2.36. The molecule has 1 aliphatic rings. The first kappa shape index (κ1) is 17.2. The summed E-state index contributed by atoms with van der Waals surface area (Å²) in [6, 6.07) is 1.72. The molecule has 1 aromatic rings. The number of anilines is 1. The van der Waals surface area contributed by atoms with Crippen LogP contribution in [0.3, 0.4) is 0 Å². The standard InChI is InChI=1S/C14H23BN2O4S/c1-7-22(18,19)17-12-8-11(9-16-10(12)2)15-20-13(3,4)14(5,6)21-15/h8-9,17H,7H2,1-6H3. The molecule has 0 amide bonds. The minimum atomic E-state index is -3.35. The molecule has 22 heavy (non-hydrogen) atoms. The molecule has 1 aliphatic heterocycles. The van der Waals surface area contributed by atoms with Crippen molar-refractivity contribution in [1.82, 2.24) is 4.98 Å². The van der Waals surface area contributed by atoms with Gasteiger partial charge in [0.25, 0.3) is 0 Å². The van der Waals surface area contributed by atoms with Gasteiger partial charge in [-0.1, -0.05) is 0 Å². The van der Waals surface area contributed by atoms with Crippen LogP contribution in [-0.2, 0) is 19.3 Å². The van der Waals surface area contributed by atoms with Gasteiger partial charge in [-0.05, 0) is 47.6 Å². The lowest BCUT2D eigenvalue weighted by atomic mass is 9.80. The number of aromatic nitrogens is 1. The van der Waals surface area contributed by atoms with E-state index < -0.39 is 28.3 Å². The van der Waals surface area contributed by atoms with Crippen LogP contribution in [0.25, 0.3) is 0 Å². The third-order valence-electron chi connectivity index (χ3n) is 4.28. The Morgan fingerprint density at radius 1 is 1.23 bits per heavy atom. The molecule has 0 aliphatic carbocycles. The van der Waals surface area contributed by atoms with Crippen LogP contribution < -0.4 is 10.2 Å². The van der Waals surface area contributed by atoms with Crippen LogP contribution >= 0.6 is 0 Å². The summed E-state index contributed by atoms with van der Waals surface area (Å²) in [5.41, 5.74) is 0.849. The number of sulfonamides is 1. The Balaban J connectivity index is 2.32. The van der Waals surface area contributed by atoms with Crippen LogP contribution in [0, 0.1) is 6.92 Å². The second-order valence-electron chi connectivity index (χ2n) is 6.50. The van der Waals surface area contributed by atoms with Crippen molar-refractivity contribution in [2.75, 3.05) is 10.5 Å². The lowest BCUT2D eigenvalue weighted by Gasteiger charge is -2.32. The summed E-state index contributed by atoms with van der Waals surface area (Å²) in [5.74, 6) is 0.00710. The van der Waals surface area contributed by atoms with Crippen LogP contribution in [0.2, 0.25) is 0 Å². The molecule has 1 fully saturated rings. The number of hydrogen-bond donors (Lipinski definition) is 1. The highest BCUT2D eigenvalue weighted by Gasteiger charge is 2.51. The van der Waals surface area contributed by atoms with Gasteiger partial charge in [0.1, 0.15) is 0 Å². The van der Waals surface area contributed by atoms with Gasteiger partial charge in [0, 0.05) is 11.7 Å². The van der Waals surface area contributed by atoms with E-state index in [1.165, 1.54) is 0 Å². The monoisotopic (exact) mass is 326 g/mol. The number of aryl methyl sites for hydroxylation is 1. The molecular formula is C14H23BN2O4S. The number of pyridine rings is 1. The zero-order chi connectivity index (χ0) is 16.8. The van der Waals surface area contributed by atoms with Gasteiger partial charge in [-0.25, -0.2) is 8.42 Å². The van der Waals surface area contributed by atoms with Crippen molar-refractivity contribution >= 4 is 28.3 Å². The quantitative estimate of drug-likeness (QED) is 0.848. The lowest BCUT2D eigenvalue weighted by molar-refractivity contribution is 0.00578. The fraction of sp³-hybridized carbons (Fsp3) is 0.643. The molecule has 1 aromatic heterocycles. The van der Waals surface area contributed by atoms with Crippen molar-refractivity contribution in [3.8, 4) is 0 Å². The van der Waals surface area contributed by atoms with Crippen molar-refractivity contribution in [3.05, 3.63) is 18.0 Å². The maximum Gasteiger partial charge on any atom is 0.496 e. The van der Waals surface area contributed by atoms with Gasteiger partial charge < -0.3 is 9.31 Å². The molecule has 0 bridgehead atoms. The van der Waals surface area contributed by atoms with Gasteiger partial charge >= 0.3 is 7.12 Å². The van der Waals surface area contributed by atoms with E-state index in [1.54, 1.807) is 26.1 Å². The highest BCUT2D eigenvalue weighted by atomic mass is 32.2. The van der Waals surface area contributed by atoms with E-state index >= 15 is 0 Å². The Morgan fingerprint density at radius 2 is 1.77 bits per heavy atom. The molecule has 0 spiro atoms. The summed E-state index contributed by atoms with van der Waals surface area (Å²) >= 11 is 0. The summed E-state index contributed by atoms with van der Waals surface area (Å²) in [5, 5.41) is 0. The summed E-state index contributed by atoms with van der Waals surface area (Å²) in [4.78, 5) is 4.25. The fourth-order valence-corrected chi connectivity index (χ4v) is 2.69. The van der Waals surface area contributed by atoms with Crippen LogP contribution in [0.15, 0.2) is 12.3 Å². The third kappa shape index (κ3) is 3.28. The number of hydrogen-bond acceptors (Lipinski definition) is 5. The maximum atomic E-state index is 11.8. The van der Waals surface area contributed by atoms with Gasteiger partial charge in [0.05, 0.1) is 28.3 Å². The van der Waals surface area contributed by atoms with Crippen LogP contribution in [-0.4, -0.2) is 37.5 Å². The molecular weight excluding hydrogens is 303 g/mol. The first-order chi connectivity index (χ1) is 9.97. The van der Waals surface area contributed by atoms with Gasteiger partial charge in [0.15, 0.2) is 0 Å². The van der Waals surface area contributed by atoms with E-state index in [0.717, 1.165) is 0 Å². The first-order valence-electron chi connectivity index (χ1n) is 7.30. The van der Waals surface area contributed by atoms with Crippen LogP contribution in [0.5, 0.6) is 0 Å². The van der Waals surface area contributed by atoms with E-state index in [9.17, 15) is 8.42 Å². The number of rotatable bonds is 4. The molecule has 6 nitrogen and oxygen atoms in total. The second-order valence-corrected chi connectivity index (χ2v) is 8.51. The summed E-state index contributed by atoms with van der Waals surface area (Å²) in [6.07, 6.45) is 1.65. The topological polar surface area (TPSA) is 77.5 Å². The van der Waals surface area contributed by atoms with Gasteiger partial charge in [-0.15, -0.1) is 0 Å². The Labute approximate surface area is 132 Å². The molecule has 0 aromatic carbocycles. The third-order valence-corrected chi connectivity index (χ3v) is 5.57. The molecule has 0 unspecified atom stereocenters. The first-order valence-corrected chi connectivity index (χ1v) is 8.95. The molecule has 2 heterocycles. The molecule has 0 atom stereocenters. The predicted octanol–water partition coefficient (Wildman–Crippen LogP) is 1.45. The average Bonchev–Trinajstić information content (AvgIpc) is 2.61. The zero-order valence-corrected chi connectivity index (χ0v) is 14.7. The van der Waals surface area contributed by atoms with Gasteiger partial charge in [-0.3, -0.25) is 9.71 Å². The Kier molecular flexibility index (Phi) is 4.32. The molecule has 122 valence electrons. The minimum absolute atomic E-state index is 0.00710. The molecule has 2 rings (SSSR count). The van der Waals surface area contributed by atoms with E-state index in [0.29, 0.717) is 16.8 Å². The molecule has 0 radical (unpaired) electrons. The maximum absolute atomic E-state index is 11.8. The Hall–Kier alpha value is -1.12. The molecule has 0 saturated carbocycles. The SMILES string of the molecule is CCS(=O)(=O)Nc1cc(B2OC(C)(C)C(C)(C)O2)cnc1C. The predicted molar refractivity (Wildman–Crippen MR) is 87.8 cm³/mol. The second kappa shape index (κ2) is 5.51. The Morgan fingerprint density at radius 3 is 2.27 bits per heavy atom. The normalized spacial score (nSPS) is 20.2. The lowest BCUT2D eigenvalue weighted by Crippen LogP contribution is -2.41. The highest BCUT2D eigenvalue weighted by molar-refractivity contribution is 7.92. The van der Waals surface area contributed by atoms with Crippen molar-refractivity contribution in [2.24, 2.45) is 0 Å². The molecule has 8 heteroatoms. The zero-order valence-electron chi connectivity index (χ0n) is 13.9. The number of nitrogens with zero attached hydrogens (tertiary/aromatic N) is 1. The van der Waals surface area contributed by atoms with E-state index in [2.05, 4.69) is 9.71 Å². The average molecular weight is 326 g/mol.